The zero-order valence-corrected chi connectivity index (χ0v) is 10.3. The van der Waals surface area contributed by atoms with Gasteiger partial charge in [-0.3, -0.25) is 10.1 Å². The largest absolute Gasteiger partial charge is 0.468 e. The summed E-state index contributed by atoms with van der Waals surface area (Å²) < 4.78 is 4.91. The highest BCUT2D eigenvalue weighted by molar-refractivity contribution is 7.09. The van der Waals surface area contributed by atoms with Crippen LogP contribution in [-0.4, -0.2) is 18.6 Å². The number of hydrogen-bond donors (Lipinski definition) is 1. The van der Waals surface area contributed by atoms with Gasteiger partial charge >= 0.3 is 5.97 Å². The van der Waals surface area contributed by atoms with E-state index in [0.717, 1.165) is 32.2 Å². The number of ether oxygens (including phenoxy) is 1. The monoisotopic (exact) mass is 239 g/mol. The van der Waals surface area contributed by atoms with Crippen LogP contribution >= 0.6 is 11.3 Å². The minimum atomic E-state index is -0.432. The highest BCUT2D eigenvalue weighted by Crippen LogP contribution is 2.31. The molecule has 0 aromatic carbocycles. The molecular formula is C12H17NO2S. The van der Waals surface area contributed by atoms with Crippen LogP contribution in [0.15, 0.2) is 17.5 Å². The highest BCUT2D eigenvalue weighted by Gasteiger charge is 2.41. The molecule has 0 saturated heterocycles. The molecule has 0 spiro atoms. The van der Waals surface area contributed by atoms with Gasteiger partial charge in [-0.15, -0.1) is 11.3 Å². The Kier molecular flexibility index (Phi) is 3.61. The molecule has 1 aromatic heterocycles. The molecule has 0 bridgehead atoms. The number of carbonyl (C=O) groups excluding carboxylic acids is 1. The van der Waals surface area contributed by atoms with E-state index < -0.39 is 5.54 Å². The highest BCUT2D eigenvalue weighted by atomic mass is 32.1. The fourth-order valence-electron chi connectivity index (χ4n) is 2.30. The summed E-state index contributed by atoms with van der Waals surface area (Å²) in [7, 11) is 1.47. The Morgan fingerprint density at radius 1 is 1.56 bits per heavy atom. The standard InChI is InChI=1S/C12H17NO2S/c1-15-11(14)12(6-2-3-7-12)13-9-10-5-4-8-16-10/h4-5,8,13H,2-3,6-7,9H2,1H3. The molecule has 0 atom stereocenters. The predicted octanol–water partition coefficient (Wildman–Crippen LogP) is 2.32. The lowest BCUT2D eigenvalue weighted by molar-refractivity contribution is -0.148. The van der Waals surface area contributed by atoms with Crippen LogP contribution in [0.25, 0.3) is 0 Å². The third-order valence-electron chi connectivity index (χ3n) is 3.21. The smallest absolute Gasteiger partial charge is 0.326 e. The van der Waals surface area contributed by atoms with E-state index in [0.29, 0.717) is 0 Å². The Balaban J connectivity index is 2.00. The number of rotatable bonds is 4. The molecule has 16 heavy (non-hydrogen) atoms. The van der Waals surface area contributed by atoms with Crippen molar-refractivity contribution < 1.29 is 9.53 Å². The lowest BCUT2D eigenvalue weighted by atomic mass is 9.98. The van der Waals surface area contributed by atoms with Crippen molar-refractivity contribution in [2.24, 2.45) is 0 Å². The topological polar surface area (TPSA) is 38.3 Å². The van der Waals surface area contributed by atoms with E-state index in [-0.39, 0.29) is 5.97 Å². The van der Waals surface area contributed by atoms with Crippen LogP contribution in [0.4, 0.5) is 0 Å². The second-order valence-corrected chi connectivity index (χ2v) is 5.25. The number of nitrogens with one attached hydrogen (secondary N) is 1. The van der Waals surface area contributed by atoms with E-state index in [4.69, 9.17) is 4.74 Å². The first kappa shape index (κ1) is 11.6. The Hall–Kier alpha value is -0.870. The van der Waals surface area contributed by atoms with Crippen molar-refractivity contribution in [1.82, 2.24) is 5.32 Å². The van der Waals surface area contributed by atoms with Crippen LogP contribution < -0.4 is 5.32 Å². The SMILES string of the molecule is COC(=O)C1(NCc2cccs2)CCCC1. The van der Waals surface area contributed by atoms with Crippen molar-refractivity contribution in [1.29, 1.82) is 0 Å². The molecule has 3 nitrogen and oxygen atoms in total. The quantitative estimate of drug-likeness (QED) is 0.819. The number of esters is 1. The molecular weight excluding hydrogens is 222 g/mol. The first-order chi connectivity index (χ1) is 7.77. The maximum Gasteiger partial charge on any atom is 0.326 e. The van der Waals surface area contributed by atoms with Crippen molar-refractivity contribution >= 4 is 17.3 Å². The Morgan fingerprint density at radius 2 is 2.31 bits per heavy atom. The van der Waals surface area contributed by atoms with E-state index >= 15 is 0 Å². The molecule has 1 fully saturated rings. The predicted molar refractivity (Wildman–Crippen MR) is 64.4 cm³/mol. The second-order valence-electron chi connectivity index (χ2n) is 4.21. The Labute approximate surface area is 99.8 Å². The maximum absolute atomic E-state index is 11.8. The molecule has 1 aliphatic rings. The summed E-state index contributed by atoms with van der Waals surface area (Å²) >= 11 is 1.71. The van der Waals surface area contributed by atoms with Gasteiger partial charge in [0, 0.05) is 11.4 Å². The van der Waals surface area contributed by atoms with Crippen molar-refractivity contribution in [2.75, 3.05) is 7.11 Å². The van der Waals surface area contributed by atoms with Gasteiger partial charge in [-0.1, -0.05) is 18.9 Å². The number of methoxy groups -OCH3 is 1. The minimum absolute atomic E-state index is 0.110. The van der Waals surface area contributed by atoms with Crippen molar-refractivity contribution in [3.8, 4) is 0 Å². The van der Waals surface area contributed by atoms with Gasteiger partial charge in [0.05, 0.1) is 7.11 Å². The van der Waals surface area contributed by atoms with Crippen LogP contribution in [0.1, 0.15) is 30.6 Å². The average Bonchev–Trinajstić information content (AvgIpc) is 2.97. The molecule has 1 saturated carbocycles. The summed E-state index contributed by atoms with van der Waals surface area (Å²) in [5, 5.41) is 5.44. The van der Waals surface area contributed by atoms with Crippen LogP contribution in [0, 0.1) is 0 Å². The Morgan fingerprint density at radius 3 is 2.88 bits per heavy atom. The van der Waals surface area contributed by atoms with Crippen molar-refractivity contribution in [3.63, 3.8) is 0 Å². The normalized spacial score (nSPS) is 18.6. The average molecular weight is 239 g/mol. The fraction of sp³-hybridized carbons (Fsp3) is 0.583. The molecule has 4 heteroatoms. The fourth-order valence-corrected chi connectivity index (χ4v) is 2.94. The van der Waals surface area contributed by atoms with Gasteiger partial charge < -0.3 is 4.74 Å². The second kappa shape index (κ2) is 4.97. The lowest BCUT2D eigenvalue weighted by Gasteiger charge is -2.27. The molecule has 0 unspecified atom stereocenters. The van der Waals surface area contributed by atoms with E-state index in [9.17, 15) is 4.79 Å². The molecule has 1 N–H and O–H groups in total. The van der Waals surface area contributed by atoms with E-state index in [1.165, 1.54) is 12.0 Å². The van der Waals surface area contributed by atoms with Crippen LogP contribution in [0.3, 0.4) is 0 Å². The van der Waals surface area contributed by atoms with Crippen LogP contribution in [0.5, 0.6) is 0 Å². The van der Waals surface area contributed by atoms with E-state index in [1.54, 1.807) is 11.3 Å². The minimum Gasteiger partial charge on any atom is -0.468 e. The summed E-state index contributed by atoms with van der Waals surface area (Å²) in [5.74, 6) is -0.110. The first-order valence-corrected chi connectivity index (χ1v) is 6.51. The number of carbonyl (C=O) groups is 1. The third kappa shape index (κ3) is 2.28. The van der Waals surface area contributed by atoms with E-state index in [2.05, 4.69) is 16.8 Å². The van der Waals surface area contributed by atoms with Crippen LogP contribution in [0.2, 0.25) is 0 Å². The maximum atomic E-state index is 11.8. The van der Waals surface area contributed by atoms with Gasteiger partial charge in [-0.05, 0) is 24.3 Å². The van der Waals surface area contributed by atoms with Gasteiger partial charge in [-0.2, -0.15) is 0 Å². The summed E-state index contributed by atoms with van der Waals surface area (Å²) in [4.78, 5) is 13.1. The number of hydrogen-bond acceptors (Lipinski definition) is 4. The summed E-state index contributed by atoms with van der Waals surface area (Å²) in [6.45, 7) is 0.757. The molecule has 1 heterocycles. The molecule has 0 aliphatic heterocycles. The van der Waals surface area contributed by atoms with Crippen molar-refractivity contribution in [3.05, 3.63) is 22.4 Å². The van der Waals surface area contributed by atoms with Gasteiger partial charge in [0.25, 0.3) is 0 Å². The lowest BCUT2D eigenvalue weighted by Crippen LogP contribution is -2.50. The van der Waals surface area contributed by atoms with Gasteiger partial charge in [0.2, 0.25) is 0 Å². The molecule has 2 rings (SSSR count). The Bertz CT molecular complexity index is 342. The van der Waals surface area contributed by atoms with E-state index in [1.807, 2.05) is 6.07 Å². The summed E-state index contributed by atoms with van der Waals surface area (Å²) in [6, 6.07) is 4.11. The zero-order chi connectivity index (χ0) is 11.4. The zero-order valence-electron chi connectivity index (χ0n) is 9.49. The van der Waals surface area contributed by atoms with Gasteiger partial charge in [0.1, 0.15) is 5.54 Å². The van der Waals surface area contributed by atoms with Gasteiger partial charge in [0.15, 0.2) is 0 Å². The molecule has 0 amide bonds. The first-order valence-electron chi connectivity index (χ1n) is 5.63. The molecule has 1 aliphatic carbocycles. The summed E-state index contributed by atoms with van der Waals surface area (Å²) in [5.41, 5.74) is -0.432. The van der Waals surface area contributed by atoms with Gasteiger partial charge in [-0.25, -0.2) is 0 Å². The molecule has 0 radical (unpaired) electrons. The van der Waals surface area contributed by atoms with Crippen LogP contribution in [-0.2, 0) is 16.1 Å². The summed E-state index contributed by atoms with van der Waals surface area (Å²) in [6.07, 6.45) is 4.00. The molecule has 1 aromatic rings. The third-order valence-corrected chi connectivity index (χ3v) is 4.09. The van der Waals surface area contributed by atoms with Crippen molar-refractivity contribution in [2.45, 2.75) is 37.8 Å². The molecule has 88 valence electrons. The number of thiophene rings is 1.